The van der Waals surface area contributed by atoms with Crippen molar-refractivity contribution in [2.45, 2.75) is 32.0 Å². The molecule has 0 aliphatic carbocycles. The summed E-state index contributed by atoms with van der Waals surface area (Å²) in [6.07, 6.45) is -2.53. The zero-order chi connectivity index (χ0) is 15.6. The maximum Gasteiger partial charge on any atom is 0.416 e. The summed E-state index contributed by atoms with van der Waals surface area (Å²) in [4.78, 5) is 14.0. The maximum atomic E-state index is 12.5. The number of hydrogen-bond donors (Lipinski definition) is 1. The first-order valence-electron chi connectivity index (χ1n) is 7.01. The maximum absolute atomic E-state index is 12.5. The molecule has 1 aromatic rings. The highest BCUT2D eigenvalue weighted by Gasteiger charge is 2.31. The van der Waals surface area contributed by atoms with Crippen LogP contribution in [-0.4, -0.2) is 29.9 Å². The van der Waals surface area contributed by atoms with Gasteiger partial charge in [-0.1, -0.05) is 0 Å². The van der Waals surface area contributed by atoms with Crippen molar-refractivity contribution in [3.05, 3.63) is 35.4 Å². The van der Waals surface area contributed by atoms with Crippen molar-refractivity contribution in [2.24, 2.45) is 11.7 Å². The van der Waals surface area contributed by atoms with Gasteiger partial charge >= 0.3 is 6.18 Å². The van der Waals surface area contributed by atoms with Crippen molar-refractivity contribution >= 4 is 18.3 Å². The number of amides is 1. The van der Waals surface area contributed by atoms with Crippen LogP contribution in [-0.2, 0) is 6.18 Å². The van der Waals surface area contributed by atoms with Crippen LogP contribution in [0.1, 0.15) is 35.7 Å². The molecule has 1 aliphatic rings. The van der Waals surface area contributed by atoms with Crippen molar-refractivity contribution in [2.75, 3.05) is 13.1 Å². The molecule has 2 atom stereocenters. The third-order valence-electron chi connectivity index (χ3n) is 3.95. The average Bonchev–Trinajstić information content (AvgIpc) is 2.46. The Kier molecular flexibility index (Phi) is 6.26. The molecule has 22 heavy (non-hydrogen) atoms. The first-order valence-corrected chi connectivity index (χ1v) is 7.01. The van der Waals surface area contributed by atoms with Gasteiger partial charge in [0, 0.05) is 24.7 Å². The minimum Gasteiger partial charge on any atom is -0.338 e. The number of benzene rings is 1. The molecule has 2 rings (SSSR count). The van der Waals surface area contributed by atoms with Crippen LogP contribution in [0.2, 0.25) is 0 Å². The van der Waals surface area contributed by atoms with E-state index in [0.29, 0.717) is 13.1 Å². The van der Waals surface area contributed by atoms with Crippen LogP contribution in [0.15, 0.2) is 24.3 Å². The van der Waals surface area contributed by atoms with E-state index in [1.54, 1.807) is 4.90 Å². The van der Waals surface area contributed by atoms with Crippen molar-refractivity contribution in [3.63, 3.8) is 0 Å². The Hall–Kier alpha value is -1.27. The summed E-state index contributed by atoms with van der Waals surface area (Å²) in [7, 11) is 0. The van der Waals surface area contributed by atoms with E-state index >= 15 is 0 Å². The molecule has 0 bridgehead atoms. The number of carbonyl (C=O) groups excluding carboxylic acids is 1. The Bertz CT molecular complexity index is 503. The van der Waals surface area contributed by atoms with Crippen LogP contribution in [0.4, 0.5) is 13.2 Å². The van der Waals surface area contributed by atoms with E-state index in [1.807, 2.05) is 6.92 Å². The second-order valence-electron chi connectivity index (χ2n) is 5.59. The molecule has 1 aliphatic heterocycles. The van der Waals surface area contributed by atoms with E-state index in [0.717, 1.165) is 25.0 Å². The summed E-state index contributed by atoms with van der Waals surface area (Å²) in [6.45, 7) is 3.11. The van der Waals surface area contributed by atoms with Crippen molar-refractivity contribution < 1.29 is 18.0 Å². The van der Waals surface area contributed by atoms with Gasteiger partial charge in [0.1, 0.15) is 0 Å². The first kappa shape index (κ1) is 18.8. The summed E-state index contributed by atoms with van der Waals surface area (Å²) in [6, 6.07) is 4.37. The summed E-state index contributed by atoms with van der Waals surface area (Å²) in [5.41, 5.74) is 5.41. The molecule has 0 saturated carbocycles. The predicted octanol–water partition coefficient (Wildman–Crippen LogP) is 3.33. The van der Waals surface area contributed by atoms with E-state index in [2.05, 4.69) is 0 Å². The minimum atomic E-state index is -4.38. The highest BCUT2D eigenvalue weighted by atomic mass is 35.5. The van der Waals surface area contributed by atoms with E-state index in [-0.39, 0.29) is 35.8 Å². The lowest BCUT2D eigenvalue weighted by molar-refractivity contribution is -0.137. The lowest BCUT2D eigenvalue weighted by Gasteiger charge is -2.34. The molecule has 124 valence electrons. The first-order chi connectivity index (χ1) is 9.79. The third-order valence-corrected chi connectivity index (χ3v) is 3.95. The lowest BCUT2D eigenvalue weighted by atomic mass is 9.92. The monoisotopic (exact) mass is 336 g/mol. The van der Waals surface area contributed by atoms with Crippen LogP contribution in [0.25, 0.3) is 0 Å². The molecular formula is C15H20ClF3N2O. The SMILES string of the molecule is CC(N)C1CCCN(C(=O)c2ccc(C(F)(F)F)cc2)C1.Cl. The number of rotatable bonds is 2. The number of likely N-dealkylation sites (tertiary alicyclic amines) is 1. The molecule has 7 heteroatoms. The number of piperidine rings is 1. The fourth-order valence-electron chi connectivity index (χ4n) is 2.61. The van der Waals surface area contributed by atoms with Gasteiger partial charge in [0.15, 0.2) is 0 Å². The van der Waals surface area contributed by atoms with Crippen LogP contribution >= 0.6 is 12.4 Å². The molecule has 1 aromatic carbocycles. The molecule has 0 spiro atoms. The van der Waals surface area contributed by atoms with Crippen LogP contribution in [0.5, 0.6) is 0 Å². The lowest BCUT2D eigenvalue weighted by Crippen LogP contribution is -2.45. The summed E-state index contributed by atoms with van der Waals surface area (Å²) in [5, 5.41) is 0. The van der Waals surface area contributed by atoms with Gasteiger partial charge in [-0.25, -0.2) is 0 Å². The van der Waals surface area contributed by atoms with Gasteiger partial charge in [-0.3, -0.25) is 4.79 Å². The number of hydrogen-bond acceptors (Lipinski definition) is 2. The Morgan fingerprint density at radius 3 is 2.41 bits per heavy atom. The van der Waals surface area contributed by atoms with Gasteiger partial charge in [-0.15, -0.1) is 12.4 Å². The molecule has 1 heterocycles. The molecular weight excluding hydrogens is 317 g/mol. The highest BCUT2D eigenvalue weighted by molar-refractivity contribution is 5.94. The fourth-order valence-corrected chi connectivity index (χ4v) is 2.61. The largest absolute Gasteiger partial charge is 0.416 e. The predicted molar refractivity (Wildman–Crippen MR) is 81.0 cm³/mol. The smallest absolute Gasteiger partial charge is 0.338 e. The van der Waals surface area contributed by atoms with Gasteiger partial charge in [-0.05, 0) is 49.9 Å². The van der Waals surface area contributed by atoms with Crippen molar-refractivity contribution in [1.29, 1.82) is 0 Å². The van der Waals surface area contributed by atoms with Crippen LogP contribution in [0, 0.1) is 5.92 Å². The van der Waals surface area contributed by atoms with E-state index in [1.165, 1.54) is 12.1 Å². The highest BCUT2D eigenvalue weighted by Crippen LogP contribution is 2.29. The molecule has 0 aromatic heterocycles. The standard InChI is InChI=1S/C15H19F3N2O.ClH/c1-10(19)12-3-2-8-20(9-12)14(21)11-4-6-13(7-5-11)15(16,17)18;/h4-7,10,12H,2-3,8-9,19H2,1H3;1H. The van der Waals surface area contributed by atoms with Crippen molar-refractivity contribution in [1.82, 2.24) is 4.90 Å². The molecule has 2 N–H and O–H groups in total. The number of nitrogens with zero attached hydrogens (tertiary/aromatic N) is 1. The zero-order valence-electron chi connectivity index (χ0n) is 12.3. The van der Waals surface area contributed by atoms with Gasteiger partial charge in [0.25, 0.3) is 5.91 Å². The fraction of sp³-hybridized carbons (Fsp3) is 0.533. The van der Waals surface area contributed by atoms with Gasteiger partial charge < -0.3 is 10.6 Å². The molecule has 1 fully saturated rings. The number of carbonyl (C=O) groups is 1. The number of alkyl halides is 3. The summed E-state index contributed by atoms with van der Waals surface area (Å²) >= 11 is 0. The van der Waals surface area contributed by atoms with E-state index in [4.69, 9.17) is 5.73 Å². The van der Waals surface area contributed by atoms with E-state index < -0.39 is 11.7 Å². The van der Waals surface area contributed by atoms with Crippen molar-refractivity contribution in [3.8, 4) is 0 Å². The Balaban J connectivity index is 0.00000242. The quantitative estimate of drug-likeness (QED) is 0.900. The molecule has 3 nitrogen and oxygen atoms in total. The Labute approximate surface area is 134 Å². The third kappa shape index (κ3) is 4.36. The average molecular weight is 337 g/mol. The molecule has 1 saturated heterocycles. The van der Waals surface area contributed by atoms with Crippen LogP contribution < -0.4 is 5.73 Å². The second-order valence-corrected chi connectivity index (χ2v) is 5.59. The topological polar surface area (TPSA) is 46.3 Å². The number of halogens is 4. The summed E-state index contributed by atoms with van der Waals surface area (Å²) in [5.74, 6) is 0.0197. The minimum absolute atomic E-state index is 0. The van der Waals surface area contributed by atoms with E-state index in [9.17, 15) is 18.0 Å². The molecule has 1 amide bonds. The molecule has 0 radical (unpaired) electrons. The Morgan fingerprint density at radius 1 is 1.32 bits per heavy atom. The van der Waals surface area contributed by atoms with Gasteiger partial charge in [0.2, 0.25) is 0 Å². The van der Waals surface area contributed by atoms with Gasteiger partial charge in [0.05, 0.1) is 5.56 Å². The van der Waals surface area contributed by atoms with Crippen LogP contribution in [0.3, 0.4) is 0 Å². The number of nitrogens with two attached hydrogens (primary N) is 1. The molecule has 2 unspecified atom stereocenters. The zero-order valence-corrected chi connectivity index (χ0v) is 13.1. The van der Waals surface area contributed by atoms with Gasteiger partial charge in [-0.2, -0.15) is 13.2 Å². The summed E-state index contributed by atoms with van der Waals surface area (Å²) < 4.78 is 37.5. The Morgan fingerprint density at radius 2 is 1.91 bits per heavy atom. The normalized spacial score (nSPS) is 20.2. The second kappa shape index (κ2) is 7.33.